The smallest absolute Gasteiger partial charge is 0.356 e. The maximum absolute atomic E-state index is 11.5. The molecule has 21 heavy (non-hydrogen) atoms. The number of nitrogens with zero attached hydrogens (tertiary/aromatic N) is 1. The van der Waals surface area contributed by atoms with Crippen molar-refractivity contribution in [2.24, 2.45) is 0 Å². The number of carbonyl (C=O) groups is 2. The summed E-state index contributed by atoms with van der Waals surface area (Å²) < 4.78 is 0. The monoisotopic (exact) mass is 304 g/mol. The maximum atomic E-state index is 11.5. The zero-order valence-corrected chi connectivity index (χ0v) is 12.6. The molecular formula is C15H16N2O3S. The summed E-state index contributed by atoms with van der Waals surface area (Å²) in [5.41, 5.74) is 0.911. The molecule has 2 N–H and O–H groups in total. The number of carboxylic acids is 1. The van der Waals surface area contributed by atoms with Gasteiger partial charge in [0, 0.05) is 6.92 Å². The largest absolute Gasteiger partial charge is 0.476 e. The molecule has 6 heteroatoms. The maximum Gasteiger partial charge on any atom is 0.356 e. The summed E-state index contributed by atoms with van der Waals surface area (Å²) >= 11 is 1.08. The number of Topliss-reactive ketones (excluding diaryl/α,β-unsaturated/α-hetero) is 1. The van der Waals surface area contributed by atoms with Crippen molar-refractivity contribution < 1.29 is 14.7 Å². The van der Waals surface area contributed by atoms with Crippen LogP contribution in [0.25, 0.3) is 0 Å². The molecule has 2 rings (SSSR count). The lowest BCUT2D eigenvalue weighted by Gasteiger charge is -2.16. The Morgan fingerprint density at radius 3 is 2.48 bits per heavy atom. The van der Waals surface area contributed by atoms with E-state index in [-0.39, 0.29) is 22.4 Å². The number of hydrogen-bond acceptors (Lipinski definition) is 5. The number of aromatic nitrogens is 1. The highest BCUT2D eigenvalue weighted by Gasteiger charge is 2.21. The second-order valence-electron chi connectivity index (χ2n) is 4.57. The van der Waals surface area contributed by atoms with Crippen LogP contribution in [0.4, 0.5) is 5.13 Å². The minimum absolute atomic E-state index is 0.0267. The van der Waals surface area contributed by atoms with Crippen LogP contribution < -0.4 is 5.32 Å². The van der Waals surface area contributed by atoms with Crippen molar-refractivity contribution in [3.05, 3.63) is 46.5 Å². The Labute approximate surface area is 126 Å². The van der Waals surface area contributed by atoms with Gasteiger partial charge in [0.1, 0.15) is 4.88 Å². The fraction of sp³-hybridized carbons (Fsp3) is 0.267. The molecule has 0 amide bonds. The van der Waals surface area contributed by atoms with Crippen LogP contribution >= 0.6 is 11.3 Å². The van der Waals surface area contributed by atoms with Gasteiger partial charge in [0.25, 0.3) is 0 Å². The van der Waals surface area contributed by atoms with E-state index < -0.39 is 5.97 Å². The van der Waals surface area contributed by atoms with Gasteiger partial charge in [0.2, 0.25) is 0 Å². The number of anilines is 1. The molecule has 0 saturated carbocycles. The molecule has 2 aromatic rings. The van der Waals surface area contributed by atoms with Crippen LogP contribution in [0.1, 0.15) is 52.0 Å². The van der Waals surface area contributed by atoms with Gasteiger partial charge < -0.3 is 10.4 Å². The van der Waals surface area contributed by atoms with Crippen molar-refractivity contribution in [2.45, 2.75) is 26.3 Å². The SMILES string of the molecule is CCC(Nc1nc(C(=O)O)c(C(C)=O)s1)c1ccccc1. The Morgan fingerprint density at radius 2 is 2.00 bits per heavy atom. The van der Waals surface area contributed by atoms with Crippen LogP contribution in [0.3, 0.4) is 0 Å². The summed E-state index contributed by atoms with van der Waals surface area (Å²) in [6.45, 7) is 3.38. The van der Waals surface area contributed by atoms with E-state index in [1.165, 1.54) is 6.92 Å². The van der Waals surface area contributed by atoms with Crippen LogP contribution in [0.5, 0.6) is 0 Å². The van der Waals surface area contributed by atoms with E-state index in [2.05, 4.69) is 10.3 Å². The second-order valence-corrected chi connectivity index (χ2v) is 5.57. The molecular weight excluding hydrogens is 288 g/mol. The predicted molar refractivity (Wildman–Crippen MR) is 82.2 cm³/mol. The third kappa shape index (κ3) is 3.46. The van der Waals surface area contributed by atoms with Crippen molar-refractivity contribution >= 4 is 28.2 Å². The van der Waals surface area contributed by atoms with Crippen molar-refractivity contribution in [1.29, 1.82) is 0 Å². The lowest BCUT2D eigenvalue weighted by Crippen LogP contribution is -2.09. The highest BCUT2D eigenvalue weighted by Crippen LogP contribution is 2.28. The predicted octanol–water partition coefficient (Wildman–Crippen LogP) is 3.61. The van der Waals surface area contributed by atoms with Gasteiger partial charge in [-0.05, 0) is 12.0 Å². The molecule has 1 aromatic carbocycles. The number of carboxylic acid groups (broad SMARTS) is 1. The first kappa shape index (κ1) is 15.2. The summed E-state index contributed by atoms with van der Waals surface area (Å²) in [4.78, 5) is 26.8. The molecule has 1 unspecified atom stereocenters. The molecule has 0 bridgehead atoms. The number of aromatic carboxylic acids is 1. The molecule has 5 nitrogen and oxygen atoms in total. The van der Waals surface area contributed by atoms with Gasteiger partial charge in [-0.3, -0.25) is 4.79 Å². The van der Waals surface area contributed by atoms with Gasteiger partial charge in [-0.2, -0.15) is 0 Å². The van der Waals surface area contributed by atoms with E-state index in [1.54, 1.807) is 0 Å². The van der Waals surface area contributed by atoms with Gasteiger partial charge in [0.05, 0.1) is 6.04 Å². The van der Waals surface area contributed by atoms with Crippen molar-refractivity contribution in [1.82, 2.24) is 4.98 Å². The van der Waals surface area contributed by atoms with Crippen molar-refractivity contribution in [3.8, 4) is 0 Å². The van der Waals surface area contributed by atoms with Crippen LogP contribution in [-0.2, 0) is 0 Å². The third-order valence-corrected chi connectivity index (χ3v) is 4.14. The first-order chi connectivity index (χ1) is 10.0. The summed E-state index contributed by atoms with van der Waals surface area (Å²) in [6, 6.07) is 9.86. The average Bonchev–Trinajstić information content (AvgIpc) is 2.90. The highest BCUT2D eigenvalue weighted by molar-refractivity contribution is 7.17. The fourth-order valence-electron chi connectivity index (χ4n) is 2.02. The van der Waals surface area contributed by atoms with Crippen LogP contribution in [0.15, 0.2) is 30.3 Å². The van der Waals surface area contributed by atoms with Gasteiger partial charge in [-0.25, -0.2) is 9.78 Å². The molecule has 0 radical (unpaired) electrons. The standard InChI is InChI=1S/C15H16N2O3S/c1-3-11(10-7-5-4-6-8-10)16-15-17-12(14(19)20)13(21-15)9(2)18/h4-8,11H,3H2,1-2H3,(H,16,17)(H,19,20). The van der Waals surface area contributed by atoms with E-state index in [1.807, 2.05) is 37.3 Å². The van der Waals surface area contributed by atoms with Crippen molar-refractivity contribution in [3.63, 3.8) is 0 Å². The molecule has 0 aliphatic rings. The molecule has 0 aliphatic carbocycles. The van der Waals surface area contributed by atoms with Gasteiger partial charge in [-0.15, -0.1) is 0 Å². The number of nitrogens with one attached hydrogen (secondary N) is 1. The van der Waals surface area contributed by atoms with E-state index in [0.717, 1.165) is 23.3 Å². The first-order valence-corrected chi connectivity index (χ1v) is 7.41. The summed E-state index contributed by atoms with van der Waals surface area (Å²) in [5.74, 6) is -1.47. The minimum Gasteiger partial charge on any atom is -0.476 e. The van der Waals surface area contributed by atoms with Crippen LogP contribution in [-0.4, -0.2) is 21.8 Å². The number of thiazole rings is 1. The molecule has 0 saturated heterocycles. The molecule has 1 heterocycles. The summed E-state index contributed by atoms with van der Waals surface area (Å²) in [5, 5.41) is 12.8. The Hall–Kier alpha value is -2.21. The van der Waals surface area contributed by atoms with E-state index >= 15 is 0 Å². The quantitative estimate of drug-likeness (QED) is 0.797. The minimum atomic E-state index is -1.18. The molecule has 1 atom stereocenters. The molecule has 0 spiro atoms. The third-order valence-electron chi connectivity index (χ3n) is 3.06. The first-order valence-electron chi connectivity index (χ1n) is 6.59. The van der Waals surface area contributed by atoms with E-state index in [0.29, 0.717) is 5.13 Å². The normalized spacial score (nSPS) is 11.9. The molecule has 0 aliphatic heterocycles. The Kier molecular flexibility index (Phi) is 4.70. The van der Waals surface area contributed by atoms with Gasteiger partial charge in [0.15, 0.2) is 16.6 Å². The highest BCUT2D eigenvalue weighted by atomic mass is 32.1. The number of ketones is 1. The van der Waals surface area contributed by atoms with Crippen LogP contribution in [0.2, 0.25) is 0 Å². The summed E-state index contributed by atoms with van der Waals surface area (Å²) in [6.07, 6.45) is 0.821. The number of hydrogen-bond donors (Lipinski definition) is 2. The number of rotatable bonds is 6. The zero-order chi connectivity index (χ0) is 15.4. The van der Waals surface area contributed by atoms with Crippen LogP contribution in [0, 0.1) is 0 Å². The Balaban J connectivity index is 2.28. The summed E-state index contributed by atoms with van der Waals surface area (Å²) in [7, 11) is 0. The second kappa shape index (κ2) is 6.49. The molecule has 110 valence electrons. The van der Waals surface area contributed by atoms with E-state index in [9.17, 15) is 9.59 Å². The zero-order valence-electron chi connectivity index (χ0n) is 11.8. The average molecular weight is 304 g/mol. The lowest BCUT2D eigenvalue weighted by molar-refractivity contribution is 0.0687. The topological polar surface area (TPSA) is 79.3 Å². The Morgan fingerprint density at radius 1 is 1.33 bits per heavy atom. The fourth-order valence-corrected chi connectivity index (χ4v) is 2.93. The number of carbonyl (C=O) groups excluding carboxylic acids is 1. The Bertz CT molecular complexity index is 621. The van der Waals surface area contributed by atoms with E-state index in [4.69, 9.17) is 5.11 Å². The van der Waals surface area contributed by atoms with Gasteiger partial charge in [-0.1, -0.05) is 48.6 Å². The van der Waals surface area contributed by atoms with Crippen molar-refractivity contribution in [2.75, 3.05) is 5.32 Å². The number of benzene rings is 1. The molecule has 1 aromatic heterocycles. The van der Waals surface area contributed by atoms with Gasteiger partial charge >= 0.3 is 5.97 Å². The lowest BCUT2D eigenvalue weighted by atomic mass is 10.1. The molecule has 0 fully saturated rings.